The first-order valence-corrected chi connectivity index (χ1v) is 8.34. The van der Waals surface area contributed by atoms with Gasteiger partial charge in [-0.1, -0.05) is 28.9 Å². The van der Waals surface area contributed by atoms with Crippen LogP contribution in [0.4, 0.5) is 5.69 Å². The number of halogens is 1. The summed E-state index contributed by atoms with van der Waals surface area (Å²) in [6.07, 6.45) is 1.16. The Bertz CT molecular complexity index is 385. The molecule has 0 aromatic heterocycles. The summed E-state index contributed by atoms with van der Waals surface area (Å²) in [5.74, 6) is 0. The van der Waals surface area contributed by atoms with Crippen LogP contribution in [0.2, 0.25) is 0 Å². The fourth-order valence-electron chi connectivity index (χ4n) is 2.15. The quantitative estimate of drug-likeness (QED) is 0.654. The molecule has 114 valence electrons. The SMILES string of the molecule is CCCNCc1ccc(Br)cc1N(CC)CCOCC. The fraction of sp³-hybridized carbons (Fsp3) is 0.625. The first-order valence-electron chi connectivity index (χ1n) is 7.54. The third kappa shape index (κ3) is 5.81. The van der Waals surface area contributed by atoms with E-state index < -0.39 is 0 Å². The topological polar surface area (TPSA) is 24.5 Å². The zero-order chi connectivity index (χ0) is 14.8. The Labute approximate surface area is 131 Å². The van der Waals surface area contributed by atoms with Crippen molar-refractivity contribution in [1.29, 1.82) is 0 Å². The molecular formula is C16H27BrN2O. The van der Waals surface area contributed by atoms with Crippen molar-refractivity contribution < 1.29 is 4.74 Å². The summed E-state index contributed by atoms with van der Waals surface area (Å²) in [7, 11) is 0. The minimum absolute atomic E-state index is 0.776. The van der Waals surface area contributed by atoms with Gasteiger partial charge in [-0.15, -0.1) is 0 Å². The minimum Gasteiger partial charge on any atom is -0.380 e. The monoisotopic (exact) mass is 342 g/mol. The first kappa shape index (κ1) is 17.5. The maximum absolute atomic E-state index is 5.49. The lowest BCUT2D eigenvalue weighted by Crippen LogP contribution is -2.29. The average Bonchev–Trinajstić information content (AvgIpc) is 2.45. The maximum Gasteiger partial charge on any atom is 0.0641 e. The van der Waals surface area contributed by atoms with E-state index in [0.717, 1.165) is 50.3 Å². The van der Waals surface area contributed by atoms with Crippen molar-refractivity contribution in [2.24, 2.45) is 0 Å². The van der Waals surface area contributed by atoms with Crippen LogP contribution < -0.4 is 10.2 Å². The molecule has 0 aliphatic rings. The molecule has 0 amide bonds. The molecule has 1 N–H and O–H groups in total. The average molecular weight is 343 g/mol. The van der Waals surface area contributed by atoms with Crippen LogP contribution in [0.25, 0.3) is 0 Å². The van der Waals surface area contributed by atoms with Gasteiger partial charge < -0.3 is 15.0 Å². The molecule has 0 atom stereocenters. The number of hydrogen-bond donors (Lipinski definition) is 1. The summed E-state index contributed by atoms with van der Waals surface area (Å²) in [5, 5.41) is 3.48. The van der Waals surface area contributed by atoms with E-state index in [1.807, 2.05) is 6.92 Å². The molecule has 0 saturated heterocycles. The summed E-state index contributed by atoms with van der Waals surface area (Å²) < 4.78 is 6.61. The Morgan fingerprint density at radius 2 is 2.05 bits per heavy atom. The summed E-state index contributed by atoms with van der Waals surface area (Å²) in [4.78, 5) is 2.38. The summed E-state index contributed by atoms with van der Waals surface area (Å²) in [6.45, 7) is 11.9. The third-order valence-corrected chi connectivity index (χ3v) is 3.71. The van der Waals surface area contributed by atoms with E-state index >= 15 is 0 Å². The van der Waals surface area contributed by atoms with Crippen LogP contribution >= 0.6 is 15.9 Å². The second-order valence-electron chi connectivity index (χ2n) is 4.73. The van der Waals surface area contributed by atoms with Crippen LogP contribution in [-0.4, -0.2) is 32.8 Å². The number of likely N-dealkylation sites (N-methyl/N-ethyl adjacent to an activating group) is 1. The summed E-state index contributed by atoms with van der Waals surface area (Å²) in [6, 6.07) is 6.52. The molecule has 1 aromatic carbocycles. The zero-order valence-corrected chi connectivity index (χ0v) is 14.5. The molecule has 1 rings (SSSR count). The molecule has 0 aliphatic heterocycles. The van der Waals surface area contributed by atoms with Crippen molar-refractivity contribution >= 4 is 21.6 Å². The van der Waals surface area contributed by atoms with Crippen molar-refractivity contribution in [3.63, 3.8) is 0 Å². The van der Waals surface area contributed by atoms with Gasteiger partial charge in [0.05, 0.1) is 6.61 Å². The standard InChI is InChI=1S/C16H27BrN2O/c1-4-9-18-13-14-7-8-15(17)12-16(14)19(5-2)10-11-20-6-3/h7-8,12,18H,4-6,9-11,13H2,1-3H3. The second kappa shape index (κ2) is 10.2. The Kier molecular flexibility index (Phi) is 8.90. The predicted octanol–water partition coefficient (Wildman–Crippen LogP) is 3.81. The highest BCUT2D eigenvalue weighted by molar-refractivity contribution is 9.10. The molecule has 0 saturated carbocycles. The van der Waals surface area contributed by atoms with Gasteiger partial charge in [-0.2, -0.15) is 0 Å². The fourth-order valence-corrected chi connectivity index (χ4v) is 2.50. The van der Waals surface area contributed by atoms with Crippen molar-refractivity contribution in [3.05, 3.63) is 28.2 Å². The molecule has 1 aromatic rings. The number of rotatable bonds is 10. The molecule has 0 bridgehead atoms. The van der Waals surface area contributed by atoms with Crippen molar-refractivity contribution in [2.45, 2.75) is 33.7 Å². The van der Waals surface area contributed by atoms with Gasteiger partial charge in [-0.05, 0) is 44.5 Å². The molecular weight excluding hydrogens is 316 g/mol. The smallest absolute Gasteiger partial charge is 0.0641 e. The van der Waals surface area contributed by atoms with Gasteiger partial charge in [0, 0.05) is 36.4 Å². The number of benzene rings is 1. The highest BCUT2D eigenvalue weighted by atomic mass is 79.9. The summed E-state index contributed by atoms with van der Waals surface area (Å²) in [5.41, 5.74) is 2.64. The second-order valence-corrected chi connectivity index (χ2v) is 5.64. The molecule has 0 radical (unpaired) electrons. The largest absolute Gasteiger partial charge is 0.380 e. The van der Waals surface area contributed by atoms with Crippen LogP contribution in [0.15, 0.2) is 22.7 Å². The van der Waals surface area contributed by atoms with Crippen LogP contribution in [0.1, 0.15) is 32.8 Å². The van der Waals surface area contributed by atoms with Crippen molar-refractivity contribution in [2.75, 3.05) is 37.7 Å². The Morgan fingerprint density at radius 1 is 1.25 bits per heavy atom. The normalized spacial score (nSPS) is 10.8. The van der Waals surface area contributed by atoms with E-state index in [4.69, 9.17) is 4.74 Å². The number of ether oxygens (including phenoxy) is 1. The molecule has 0 unspecified atom stereocenters. The number of nitrogens with one attached hydrogen (secondary N) is 1. The summed E-state index contributed by atoms with van der Waals surface area (Å²) >= 11 is 3.58. The number of anilines is 1. The van der Waals surface area contributed by atoms with Gasteiger partial charge in [0.15, 0.2) is 0 Å². The van der Waals surface area contributed by atoms with Crippen molar-refractivity contribution in [3.8, 4) is 0 Å². The van der Waals surface area contributed by atoms with E-state index in [1.54, 1.807) is 0 Å². The Balaban J connectivity index is 2.79. The van der Waals surface area contributed by atoms with E-state index in [1.165, 1.54) is 11.3 Å². The van der Waals surface area contributed by atoms with E-state index in [0.29, 0.717) is 0 Å². The molecule has 0 spiro atoms. The Hall–Kier alpha value is -0.580. The van der Waals surface area contributed by atoms with E-state index in [9.17, 15) is 0 Å². The van der Waals surface area contributed by atoms with Gasteiger partial charge in [-0.3, -0.25) is 0 Å². The van der Waals surface area contributed by atoms with E-state index in [-0.39, 0.29) is 0 Å². The predicted molar refractivity (Wildman–Crippen MR) is 90.5 cm³/mol. The van der Waals surface area contributed by atoms with E-state index in [2.05, 4.69) is 58.2 Å². The van der Waals surface area contributed by atoms with Gasteiger partial charge in [0.1, 0.15) is 0 Å². The molecule has 20 heavy (non-hydrogen) atoms. The van der Waals surface area contributed by atoms with Gasteiger partial charge >= 0.3 is 0 Å². The molecule has 0 aliphatic carbocycles. The highest BCUT2D eigenvalue weighted by Crippen LogP contribution is 2.25. The number of hydrogen-bond acceptors (Lipinski definition) is 3. The van der Waals surface area contributed by atoms with Crippen LogP contribution in [-0.2, 0) is 11.3 Å². The minimum atomic E-state index is 0.776. The molecule has 4 heteroatoms. The lowest BCUT2D eigenvalue weighted by atomic mass is 10.1. The molecule has 0 heterocycles. The lowest BCUT2D eigenvalue weighted by molar-refractivity contribution is 0.154. The lowest BCUT2D eigenvalue weighted by Gasteiger charge is -2.26. The van der Waals surface area contributed by atoms with Crippen LogP contribution in [0.5, 0.6) is 0 Å². The zero-order valence-electron chi connectivity index (χ0n) is 12.9. The first-order chi connectivity index (χ1) is 9.72. The number of nitrogens with zero attached hydrogens (tertiary/aromatic N) is 1. The van der Waals surface area contributed by atoms with Crippen LogP contribution in [0.3, 0.4) is 0 Å². The maximum atomic E-state index is 5.49. The highest BCUT2D eigenvalue weighted by Gasteiger charge is 2.10. The Morgan fingerprint density at radius 3 is 2.70 bits per heavy atom. The van der Waals surface area contributed by atoms with Gasteiger partial charge in [0.2, 0.25) is 0 Å². The van der Waals surface area contributed by atoms with Gasteiger partial charge in [-0.25, -0.2) is 0 Å². The molecule has 3 nitrogen and oxygen atoms in total. The van der Waals surface area contributed by atoms with Crippen LogP contribution in [0, 0.1) is 0 Å². The third-order valence-electron chi connectivity index (χ3n) is 3.22. The van der Waals surface area contributed by atoms with Crippen molar-refractivity contribution in [1.82, 2.24) is 5.32 Å². The van der Waals surface area contributed by atoms with Gasteiger partial charge in [0.25, 0.3) is 0 Å². The molecule has 0 fully saturated rings.